The van der Waals surface area contributed by atoms with Crippen molar-refractivity contribution in [2.75, 3.05) is 0 Å². The van der Waals surface area contributed by atoms with Crippen LogP contribution in [-0.2, 0) is 19.4 Å². The molecule has 182 valence electrons. The van der Waals surface area contributed by atoms with Gasteiger partial charge in [-0.1, -0.05) is 69.7 Å². The second-order valence-electron chi connectivity index (χ2n) is 9.58. The molecule has 35 heavy (non-hydrogen) atoms. The highest BCUT2D eigenvalue weighted by atomic mass is 15.5. The molecule has 1 aromatic carbocycles. The number of pyridine rings is 1. The van der Waals surface area contributed by atoms with Gasteiger partial charge in [0.15, 0.2) is 5.82 Å². The number of H-pyrrole nitrogens is 1. The lowest BCUT2D eigenvalue weighted by atomic mass is 9.86. The molecule has 5 rings (SSSR count). The molecule has 4 aromatic rings. The number of aromatic nitrogens is 8. The fraction of sp³-hybridized carbons (Fsp3) is 0.481. The van der Waals surface area contributed by atoms with Gasteiger partial charge in [-0.15, -0.1) is 10.2 Å². The number of tetrazole rings is 1. The summed E-state index contributed by atoms with van der Waals surface area (Å²) in [6.45, 7) is 2.96. The molecule has 0 saturated heterocycles. The molecular weight excluding hydrogens is 436 g/mol. The van der Waals surface area contributed by atoms with Gasteiger partial charge >= 0.3 is 0 Å². The van der Waals surface area contributed by atoms with Gasteiger partial charge in [-0.25, -0.2) is 9.67 Å². The van der Waals surface area contributed by atoms with E-state index in [9.17, 15) is 0 Å². The molecule has 3 heterocycles. The zero-order valence-corrected chi connectivity index (χ0v) is 20.5. The Morgan fingerprint density at radius 1 is 1.03 bits per heavy atom. The number of aryl methyl sites for hydroxylation is 2. The second-order valence-corrected chi connectivity index (χ2v) is 9.58. The Labute approximate surface area is 206 Å². The van der Waals surface area contributed by atoms with Crippen molar-refractivity contribution in [3.05, 3.63) is 59.8 Å². The topological polar surface area (TPSA) is 98.1 Å². The Bertz CT molecular complexity index is 1190. The Hall–Kier alpha value is -3.42. The van der Waals surface area contributed by atoms with E-state index in [1.54, 1.807) is 6.20 Å². The fourth-order valence-electron chi connectivity index (χ4n) is 5.02. The summed E-state index contributed by atoms with van der Waals surface area (Å²) in [6, 6.07) is 12.4. The zero-order chi connectivity index (χ0) is 23.9. The zero-order valence-electron chi connectivity index (χ0n) is 20.5. The average molecular weight is 471 g/mol. The van der Waals surface area contributed by atoms with Crippen LogP contribution >= 0.6 is 0 Å². The van der Waals surface area contributed by atoms with Crippen LogP contribution in [0.25, 0.3) is 22.6 Å². The standard InChI is InChI=1S/C27H34N8/c1-2-3-11-25-29-24(17-14-20-8-5-4-6-9-20)32-35(25)19-21-12-15-22(16-13-21)26-23(10-7-18-28-26)27-30-33-34-31-27/h7,10,12-13,15-16,18,20H,2-6,8-9,11,14,17,19H2,1H3,(H,30,31,33,34). The molecule has 1 aliphatic rings. The minimum Gasteiger partial charge on any atom is -0.255 e. The normalized spacial score (nSPS) is 14.4. The molecule has 0 spiro atoms. The molecular formula is C27H34N8. The Morgan fingerprint density at radius 2 is 1.89 bits per heavy atom. The van der Waals surface area contributed by atoms with Gasteiger partial charge < -0.3 is 0 Å². The van der Waals surface area contributed by atoms with Gasteiger partial charge in [0.2, 0.25) is 5.82 Å². The van der Waals surface area contributed by atoms with Crippen LogP contribution < -0.4 is 0 Å². The summed E-state index contributed by atoms with van der Waals surface area (Å²) in [6.07, 6.45) is 14.2. The molecule has 0 unspecified atom stereocenters. The smallest absolute Gasteiger partial charge is 0.206 e. The molecule has 1 fully saturated rings. The first-order valence-electron chi connectivity index (χ1n) is 13.0. The lowest BCUT2D eigenvalue weighted by molar-refractivity contribution is 0.337. The van der Waals surface area contributed by atoms with E-state index < -0.39 is 0 Å². The minimum atomic E-state index is 0.543. The van der Waals surface area contributed by atoms with E-state index in [2.05, 4.69) is 61.5 Å². The average Bonchev–Trinajstić information content (AvgIpc) is 3.58. The monoisotopic (exact) mass is 470 g/mol. The van der Waals surface area contributed by atoms with Crippen LogP contribution in [0.5, 0.6) is 0 Å². The van der Waals surface area contributed by atoms with Gasteiger partial charge in [0.1, 0.15) is 5.82 Å². The van der Waals surface area contributed by atoms with Crippen molar-refractivity contribution in [1.29, 1.82) is 0 Å². The van der Waals surface area contributed by atoms with Crippen molar-refractivity contribution in [2.24, 2.45) is 5.92 Å². The van der Waals surface area contributed by atoms with Gasteiger partial charge in [0, 0.05) is 30.2 Å². The number of nitrogens with zero attached hydrogens (tertiary/aromatic N) is 7. The summed E-state index contributed by atoms with van der Waals surface area (Å²) in [7, 11) is 0. The number of aromatic amines is 1. The number of nitrogens with one attached hydrogen (secondary N) is 1. The van der Waals surface area contributed by atoms with Crippen molar-refractivity contribution in [2.45, 2.75) is 77.7 Å². The van der Waals surface area contributed by atoms with E-state index in [1.807, 2.05) is 12.1 Å². The molecule has 0 radical (unpaired) electrons. The molecule has 1 N–H and O–H groups in total. The van der Waals surface area contributed by atoms with Crippen LogP contribution in [0.4, 0.5) is 0 Å². The van der Waals surface area contributed by atoms with Crippen LogP contribution in [0.3, 0.4) is 0 Å². The van der Waals surface area contributed by atoms with Crippen LogP contribution in [0.1, 0.15) is 75.5 Å². The van der Waals surface area contributed by atoms with Crippen LogP contribution in [0, 0.1) is 5.92 Å². The van der Waals surface area contributed by atoms with Gasteiger partial charge in [0.25, 0.3) is 0 Å². The number of benzene rings is 1. The summed E-state index contributed by atoms with van der Waals surface area (Å²) in [5, 5.41) is 19.4. The van der Waals surface area contributed by atoms with Crippen molar-refractivity contribution >= 4 is 0 Å². The van der Waals surface area contributed by atoms with Crippen molar-refractivity contribution < 1.29 is 0 Å². The number of unbranched alkanes of at least 4 members (excludes halogenated alkanes) is 1. The van der Waals surface area contributed by atoms with E-state index in [0.717, 1.165) is 66.6 Å². The molecule has 3 aromatic heterocycles. The lowest BCUT2D eigenvalue weighted by Crippen LogP contribution is -2.08. The summed E-state index contributed by atoms with van der Waals surface area (Å²) in [4.78, 5) is 9.53. The van der Waals surface area contributed by atoms with Gasteiger partial charge in [-0.05, 0) is 41.7 Å². The van der Waals surface area contributed by atoms with Crippen molar-refractivity contribution in [1.82, 2.24) is 40.4 Å². The Morgan fingerprint density at radius 3 is 2.66 bits per heavy atom. The molecule has 1 saturated carbocycles. The molecule has 0 aliphatic heterocycles. The van der Waals surface area contributed by atoms with E-state index in [1.165, 1.54) is 44.1 Å². The van der Waals surface area contributed by atoms with E-state index >= 15 is 0 Å². The Kier molecular flexibility index (Phi) is 7.56. The molecule has 1 aliphatic carbocycles. The van der Waals surface area contributed by atoms with Crippen molar-refractivity contribution in [3.8, 4) is 22.6 Å². The number of hydrogen-bond donors (Lipinski definition) is 1. The summed E-state index contributed by atoms with van der Waals surface area (Å²) in [5.41, 5.74) is 3.92. The maximum atomic E-state index is 4.95. The number of hydrogen-bond acceptors (Lipinski definition) is 6. The van der Waals surface area contributed by atoms with Crippen LogP contribution in [0.15, 0.2) is 42.6 Å². The van der Waals surface area contributed by atoms with Crippen molar-refractivity contribution in [3.63, 3.8) is 0 Å². The molecule has 8 heteroatoms. The maximum absolute atomic E-state index is 4.95. The SMILES string of the molecule is CCCCc1nc(CCC2CCCCC2)nn1Cc1ccc(-c2ncccc2-c2nn[nH]n2)cc1. The first-order chi connectivity index (χ1) is 17.3. The van der Waals surface area contributed by atoms with Gasteiger partial charge in [0.05, 0.1) is 12.2 Å². The minimum absolute atomic E-state index is 0.543. The fourth-order valence-corrected chi connectivity index (χ4v) is 5.02. The van der Waals surface area contributed by atoms with E-state index in [4.69, 9.17) is 10.1 Å². The quantitative estimate of drug-likeness (QED) is 0.332. The predicted molar refractivity (Wildman–Crippen MR) is 135 cm³/mol. The highest BCUT2D eigenvalue weighted by Crippen LogP contribution is 2.28. The molecule has 0 bridgehead atoms. The van der Waals surface area contributed by atoms with Crippen LogP contribution in [-0.4, -0.2) is 40.4 Å². The molecule has 8 nitrogen and oxygen atoms in total. The van der Waals surface area contributed by atoms with Gasteiger partial charge in [-0.2, -0.15) is 10.3 Å². The summed E-state index contributed by atoms with van der Waals surface area (Å²) in [5.74, 6) is 3.52. The molecule has 0 amide bonds. The second kappa shape index (κ2) is 11.3. The summed E-state index contributed by atoms with van der Waals surface area (Å²) >= 11 is 0. The Balaban J connectivity index is 1.31. The predicted octanol–water partition coefficient (Wildman–Crippen LogP) is 5.42. The highest BCUT2D eigenvalue weighted by Gasteiger charge is 2.17. The van der Waals surface area contributed by atoms with Gasteiger partial charge in [-0.3, -0.25) is 4.98 Å². The first kappa shape index (κ1) is 23.3. The first-order valence-corrected chi connectivity index (χ1v) is 13.0. The largest absolute Gasteiger partial charge is 0.255 e. The van der Waals surface area contributed by atoms with E-state index in [-0.39, 0.29) is 0 Å². The maximum Gasteiger partial charge on any atom is 0.206 e. The third kappa shape index (κ3) is 5.81. The summed E-state index contributed by atoms with van der Waals surface area (Å²) < 4.78 is 2.12. The third-order valence-corrected chi connectivity index (χ3v) is 7.00. The highest BCUT2D eigenvalue weighted by molar-refractivity contribution is 5.76. The molecule has 0 atom stereocenters. The van der Waals surface area contributed by atoms with E-state index in [0.29, 0.717) is 5.82 Å². The van der Waals surface area contributed by atoms with Crippen LogP contribution in [0.2, 0.25) is 0 Å². The lowest BCUT2D eigenvalue weighted by Gasteiger charge is -2.20. The third-order valence-electron chi connectivity index (χ3n) is 7.00. The number of rotatable bonds is 10.